The third-order valence-electron chi connectivity index (χ3n) is 2.88. The first-order chi connectivity index (χ1) is 9.88. The Kier molecular flexibility index (Phi) is 3.84. The monoisotopic (exact) mass is 290 g/mol. The van der Waals surface area contributed by atoms with Crippen molar-refractivity contribution in [2.24, 2.45) is 0 Å². The molecule has 2 N–H and O–H groups in total. The molecule has 0 radical (unpaired) electrons. The number of aromatic hydroxyl groups is 1. The van der Waals surface area contributed by atoms with Crippen LogP contribution in [0, 0.1) is 22.9 Å². The first-order valence-corrected chi connectivity index (χ1v) is 5.93. The second kappa shape index (κ2) is 5.58. The lowest BCUT2D eigenvalue weighted by Crippen LogP contribution is -2.14. The lowest BCUT2D eigenvalue weighted by molar-refractivity contribution is -0.384. The molecule has 21 heavy (non-hydrogen) atoms. The number of carbonyl (C=O) groups excluding carboxylic acids is 1. The predicted molar refractivity (Wildman–Crippen MR) is 73.9 cm³/mol. The molecule has 2 aromatic rings. The van der Waals surface area contributed by atoms with Crippen LogP contribution in [0.4, 0.5) is 15.8 Å². The molecule has 0 spiro atoms. The number of halogens is 1. The Balaban J connectivity index is 2.32. The van der Waals surface area contributed by atoms with Crippen molar-refractivity contribution in [1.82, 2.24) is 0 Å². The summed E-state index contributed by atoms with van der Waals surface area (Å²) in [7, 11) is 0. The Morgan fingerprint density at radius 1 is 1.29 bits per heavy atom. The lowest BCUT2D eigenvalue weighted by atomic mass is 10.1. The molecule has 7 heteroatoms. The van der Waals surface area contributed by atoms with Crippen LogP contribution in [0.1, 0.15) is 15.9 Å². The maximum absolute atomic E-state index is 13.6. The molecule has 6 nitrogen and oxygen atoms in total. The second-order valence-corrected chi connectivity index (χ2v) is 4.37. The molecule has 0 fully saturated rings. The SMILES string of the molecule is Cc1ccc([N+](=O)[O-])cc1C(=O)Nc1ccc(O)cc1F. The zero-order valence-electron chi connectivity index (χ0n) is 11.0. The van der Waals surface area contributed by atoms with Crippen LogP contribution in [-0.2, 0) is 0 Å². The van der Waals surface area contributed by atoms with Gasteiger partial charge in [0.25, 0.3) is 11.6 Å². The normalized spacial score (nSPS) is 10.2. The van der Waals surface area contributed by atoms with Crippen molar-refractivity contribution in [2.45, 2.75) is 6.92 Å². The summed E-state index contributed by atoms with van der Waals surface area (Å²) in [5, 5.41) is 22.1. The molecule has 0 aliphatic rings. The minimum absolute atomic E-state index is 0.0803. The largest absolute Gasteiger partial charge is 0.508 e. The number of carbonyl (C=O) groups is 1. The molecule has 1 amide bonds. The number of anilines is 1. The topological polar surface area (TPSA) is 92.5 Å². The van der Waals surface area contributed by atoms with E-state index < -0.39 is 16.6 Å². The van der Waals surface area contributed by atoms with Crippen LogP contribution in [0.5, 0.6) is 5.75 Å². The van der Waals surface area contributed by atoms with Crippen molar-refractivity contribution >= 4 is 17.3 Å². The van der Waals surface area contributed by atoms with Crippen LogP contribution in [0.25, 0.3) is 0 Å². The zero-order chi connectivity index (χ0) is 15.6. The van der Waals surface area contributed by atoms with E-state index in [4.69, 9.17) is 5.11 Å². The van der Waals surface area contributed by atoms with E-state index in [2.05, 4.69) is 5.32 Å². The highest BCUT2D eigenvalue weighted by Crippen LogP contribution is 2.22. The Bertz CT molecular complexity index is 731. The molecule has 0 heterocycles. The molecule has 0 saturated heterocycles. The number of nitro groups is 1. The quantitative estimate of drug-likeness (QED) is 0.516. The van der Waals surface area contributed by atoms with Gasteiger partial charge < -0.3 is 10.4 Å². The molecule has 0 atom stereocenters. The third kappa shape index (κ3) is 3.14. The summed E-state index contributed by atoms with van der Waals surface area (Å²) in [6.07, 6.45) is 0. The number of rotatable bonds is 3. The van der Waals surface area contributed by atoms with Gasteiger partial charge in [-0.2, -0.15) is 0 Å². The van der Waals surface area contributed by atoms with Gasteiger partial charge in [0.05, 0.1) is 10.6 Å². The maximum atomic E-state index is 13.6. The van der Waals surface area contributed by atoms with Crippen LogP contribution in [0.15, 0.2) is 36.4 Å². The molecule has 2 rings (SSSR count). The van der Waals surface area contributed by atoms with E-state index in [1.54, 1.807) is 6.92 Å². The maximum Gasteiger partial charge on any atom is 0.270 e. The average molecular weight is 290 g/mol. The van der Waals surface area contributed by atoms with Gasteiger partial charge in [-0.05, 0) is 24.6 Å². The smallest absolute Gasteiger partial charge is 0.270 e. The van der Waals surface area contributed by atoms with E-state index in [9.17, 15) is 19.3 Å². The van der Waals surface area contributed by atoms with Gasteiger partial charge in [0, 0.05) is 23.8 Å². The summed E-state index contributed by atoms with van der Waals surface area (Å²) in [4.78, 5) is 22.2. The molecule has 0 aliphatic carbocycles. The average Bonchev–Trinajstić information content (AvgIpc) is 2.42. The molecule has 0 bridgehead atoms. The van der Waals surface area contributed by atoms with E-state index in [1.165, 1.54) is 24.3 Å². The first-order valence-electron chi connectivity index (χ1n) is 5.93. The second-order valence-electron chi connectivity index (χ2n) is 4.37. The van der Waals surface area contributed by atoms with Gasteiger partial charge in [0.15, 0.2) is 0 Å². The lowest BCUT2D eigenvalue weighted by Gasteiger charge is -2.08. The molecule has 0 unspecified atom stereocenters. The van der Waals surface area contributed by atoms with Gasteiger partial charge in [-0.25, -0.2) is 4.39 Å². The molecular weight excluding hydrogens is 279 g/mol. The molecular formula is C14H11FN2O4. The van der Waals surface area contributed by atoms with E-state index in [0.29, 0.717) is 5.56 Å². The minimum Gasteiger partial charge on any atom is -0.508 e. The van der Waals surface area contributed by atoms with Crippen molar-refractivity contribution in [3.8, 4) is 5.75 Å². The zero-order valence-corrected chi connectivity index (χ0v) is 11.0. The van der Waals surface area contributed by atoms with Gasteiger partial charge in [0.2, 0.25) is 0 Å². The standard InChI is InChI=1S/C14H11FN2O4/c1-8-2-3-9(17(20)21)6-11(8)14(19)16-13-5-4-10(18)7-12(13)15/h2-7,18H,1H3,(H,16,19). The van der Waals surface area contributed by atoms with Crippen molar-refractivity contribution in [2.75, 3.05) is 5.32 Å². The molecule has 0 saturated carbocycles. The molecule has 2 aromatic carbocycles. The summed E-state index contributed by atoms with van der Waals surface area (Å²) in [6, 6.07) is 7.14. The predicted octanol–water partition coefficient (Wildman–Crippen LogP) is 3.00. The number of nitrogens with one attached hydrogen (secondary N) is 1. The van der Waals surface area contributed by atoms with Crippen LogP contribution in [0.2, 0.25) is 0 Å². The summed E-state index contributed by atoms with van der Waals surface area (Å²) < 4.78 is 13.6. The minimum atomic E-state index is -0.800. The number of phenolic OH excluding ortho intramolecular Hbond substituents is 1. The van der Waals surface area contributed by atoms with E-state index in [1.807, 2.05) is 0 Å². The summed E-state index contributed by atoms with van der Waals surface area (Å²) in [5.74, 6) is -1.73. The number of benzene rings is 2. The van der Waals surface area contributed by atoms with Gasteiger partial charge >= 0.3 is 0 Å². The number of hydrogen-bond acceptors (Lipinski definition) is 4. The van der Waals surface area contributed by atoms with E-state index >= 15 is 0 Å². The number of non-ortho nitro benzene ring substituents is 1. The first kappa shape index (κ1) is 14.4. The van der Waals surface area contributed by atoms with Crippen LogP contribution >= 0.6 is 0 Å². The van der Waals surface area contributed by atoms with Gasteiger partial charge in [-0.1, -0.05) is 6.07 Å². The Morgan fingerprint density at radius 2 is 2.00 bits per heavy atom. The highest BCUT2D eigenvalue weighted by molar-refractivity contribution is 6.05. The third-order valence-corrected chi connectivity index (χ3v) is 2.88. The van der Waals surface area contributed by atoms with E-state index in [0.717, 1.165) is 12.1 Å². The van der Waals surface area contributed by atoms with Crippen LogP contribution < -0.4 is 5.32 Å². The molecule has 0 aliphatic heterocycles. The Hall–Kier alpha value is -2.96. The number of aryl methyl sites for hydroxylation is 1. The van der Waals surface area contributed by atoms with Crippen molar-refractivity contribution in [1.29, 1.82) is 0 Å². The van der Waals surface area contributed by atoms with Gasteiger partial charge in [0.1, 0.15) is 11.6 Å². The Labute approximate surface area is 119 Å². The van der Waals surface area contributed by atoms with Crippen LogP contribution in [-0.4, -0.2) is 15.9 Å². The number of phenols is 1. The Morgan fingerprint density at radius 3 is 2.62 bits per heavy atom. The summed E-state index contributed by atoms with van der Waals surface area (Å²) in [6.45, 7) is 1.62. The van der Waals surface area contributed by atoms with Gasteiger partial charge in [-0.15, -0.1) is 0 Å². The summed E-state index contributed by atoms with van der Waals surface area (Å²) >= 11 is 0. The van der Waals surface area contributed by atoms with Gasteiger partial charge in [-0.3, -0.25) is 14.9 Å². The molecule has 108 valence electrons. The van der Waals surface area contributed by atoms with Crippen molar-refractivity contribution in [3.05, 3.63) is 63.5 Å². The highest BCUT2D eigenvalue weighted by Gasteiger charge is 2.16. The molecule has 0 aromatic heterocycles. The fourth-order valence-electron chi connectivity index (χ4n) is 1.76. The fraction of sp³-hybridized carbons (Fsp3) is 0.0714. The number of nitro benzene ring substituents is 1. The highest BCUT2D eigenvalue weighted by atomic mass is 19.1. The number of hydrogen-bond donors (Lipinski definition) is 2. The summed E-state index contributed by atoms with van der Waals surface area (Å²) in [5.41, 5.74) is 0.259. The number of nitrogens with zero attached hydrogens (tertiary/aromatic N) is 1. The van der Waals surface area contributed by atoms with Crippen LogP contribution in [0.3, 0.4) is 0 Å². The fourth-order valence-corrected chi connectivity index (χ4v) is 1.76. The van der Waals surface area contributed by atoms with Crippen molar-refractivity contribution < 1.29 is 19.2 Å². The number of amides is 1. The van der Waals surface area contributed by atoms with E-state index in [-0.39, 0.29) is 22.7 Å². The van der Waals surface area contributed by atoms with Crippen molar-refractivity contribution in [3.63, 3.8) is 0 Å².